The Kier molecular flexibility index (Phi) is 3.94. The quantitative estimate of drug-likeness (QED) is 0.933. The molecular formula is C12H13BrN4O2. The molecule has 0 saturated heterocycles. The molecule has 0 bridgehead atoms. The molecule has 19 heavy (non-hydrogen) atoms. The number of aliphatic carboxylic acids is 1. The second-order valence-corrected chi connectivity index (χ2v) is 5.40. The van der Waals surface area contributed by atoms with E-state index < -0.39 is 12.0 Å². The lowest BCUT2D eigenvalue weighted by molar-refractivity contribution is -0.142. The van der Waals surface area contributed by atoms with Crippen LogP contribution in [0.15, 0.2) is 28.7 Å². The van der Waals surface area contributed by atoms with Gasteiger partial charge in [0.1, 0.15) is 0 Å². The molecule has 0 aliphatic heterocycles. The van der Waals surface area contributed by atoms with Gasteiger partial charge in [-0.1, -0.05) is 41.9 Å². The van der Waals surface area contributed by atoms with Crippen LogP contribution in [0.3, 0.4) is 0 Å². The zero-order valence-corrected chi connectivity index (χ0v) is 12.1. The van der Waals surface area contributed by atoms with E-state index in [9.17, 15) is 9.90 Å². The van der Waals surface area contributed by atoms with Gasteiger partial charge in [0.05, 0.1) is 0 Å². The number of halogens is 1. The zero-order valence-electron chi connectivity index (χ0n) is 10.5. The van der Waals surface area contributed by atoms with Crippen molar-refractivity contribution in [3.8, 4) is 11.4 Å². The summed E-state index contributed by atoms with van der Waals surface area (Å²) < 4.78 is 2.24. The highest BCUT2D eigenvalue weighted by molar-refractivity contribution is 9.10. The number of tetrazole rings is 1. The van der Waals surface area contributed by atoms with E-state index in [1.54, 1.807) is 0 Å². The average Bonchev–Trinajstić information content (AvgIpc) is 2.77. The molecule has 0 aliphatic rings. The first kappa shape index (κ1) is 13.7. The fourth-order valence-corrected chi connectivity index (χ4v) is 2.27. The number of nitrogens with zero attached hydrogens (tertiary/aromatic N) is 4. The van der Waals surface area contributed by atoms with Gasteiger partial charge in [0.2, 0.25) is 0 Å². The molecule has 0 fully saturated rings. The van der Waals surface area contributed by atoms with Gasteiger partial charge in [-0.2, -0.15) is 0 Å². The molecule has 0 radical (unpaired) electrons. The summed E-state index contributed by atoms with van der Waals surface area (Å²) in [4.78, 5) is 11.4. The fraction of sp³-hybridized carbons (Fsp3) is 0.333. The third-order valence-corrected chi connectivity index (χ3v) is 3.22. The predicted octanol–water partition coefficient (Wildman–Crippen LogP) is 2.38. The molecule has 1 aromatic heterocycles. The summed E-state index contributed by atoms with van der Waals surface area (Å²) >= 11 is 3.37. The number of hydrogen-bond donors (Lipinski definition) is 1. The average molecular weight is 325 g/mol. The lowest BCUT2D eigenvalue weighted by atomic mass is 10.0. The van der Waals surface area contributed by atoms with Crippen molar-refractivity contribution < 1.29 is 9.90 Å². The summed E-state index contributed by atoms with van der Waals surface area (Å²) in [6.45, 7) is 3.65. The molecule has 1 unspecified atom stereocenters. The Morgan fingerprint density at radius 3 is 2.74 bits per heavy atom. The van der Waals surface area contributed by atoms with Crippen molar-refractivity contribution in [3.63, 3.8) is 0 Å². The zero-order chi connectivity index (χ0) is 14.0. The van der Waals surface area contributed by atoms with Gasteiger partial charge in [0.25, 0.3) is 0 Å². The molecule has 7 heteroatoms. The summed E-state index contributed by atoms with van der Waals surface area (Å²) in [6, 6.07) is 6.63. The molecule has 1 atom stereocenters. The van der Waals surface area contributed by atoms with Crippen LogP contribution in [0, 0.1) is 5.92 Å². The smallest absolute Gasteiger partial charge is 0.328 e. The van der Waals surface area contributed by atoms with E-state index in [2.05, 4.69) is 31.5 Å². The molecular weight excluding hydrogens is 312 g/mol. The Hall–Kier alpha value is -1.76. The number of carbonyl (C=O) groups is 1. The van der Waals surface area contributed by atoms with Gasteiger partial charge >= 0.3 is 5.97 Å². The van der Waals surface area contributed by atoms with Crippen LogP contribution in [-0.2, 0) is 4.79 Å². The summed E-state index contributed by atoms with van der Waals surface area (Å²) in [5.74, 6) is -0.618. The highest BCUT2D eigenvalue weighted by atomic mass is 79.9. The minimum Gasteiger partial charge on any atom is -0.480 e. The van der Waals surface area contributed by atoms with E-state index in [1.807, 2.05) is 38.1 Å². The summed E-state index contributed by atoms with van der Waals surface area (Å²) in [5, 5.41) is 20.7. The number of carboxylic acid groups (broad SMARTS) is 1. The van der Waals surface area contributed by atoms with Crippen LogP contribution in [0.2, 0.25) is 0 Å². The van der Waals surface area contributed by atoms with Crippen molar-refractivity contribution in [2.24, 2.45) is 5.92 Å². The predicted molar refractivity (Wildman–Crippen MR) is 72.5 cm³/mol. The summed E-state index contributed by atoms with van der Waals surface area (Å²) in [7, 11) is 0. The van der Waals surface area contributed by atoms with Crippen LogP contribution in [0.25, 0.3) is 11.4 Å². The molecule has 100 valence electrons. The lowest BCUT2D eigenvalue weighted by Gasteiger charge is -2.17. The third kappa shape index (κ3) is 2.81. The number of carboxylic acids is 1. The van der Waals surface area contributed by atoms with Gasteiger partial charge in [-0.05, 0) is 28.5 Å². The maximum Gasteiger partial charge on any atom is 0.328 e. The maximum absolute atomic E-state index is 11.4. The van der Waals surface area contributed by atoms with Crippen LogP contribution in [0.4, 0.5) is 0 Å². The monoisotopic (exact) mass is 324 g/mol. The number of benzene rings is 1. The molecule has 1 N–H and O–H groups in total. The van der Waals surface area contributed by atoms with Gasteiger partial charge in [-0.15, -0.1) is 5.10 Å². The highest BCUT2D eigenvalue weighted by Crippen LogP contribution is 2.25. The standard InChI is InChI=1S/C12H13BrN4O2/c1-7(2)10(12(18)19)17-11(14-15-16-17)8-4-3-5-9(13)6-8/h3-7,10H,1-2H3,(H,18,19). The Labute approximate surface area is 118 Å². The van der Waals surface area contributed by atoms with Crippen LogP contribution >= 0.6 is 15.9 Å². The number of aromatic nitrogens is 4. The molecule has 1 heterocycles. The van der Waals surface area contributed by atoms with Gasteiger partial charge in [-0.25, -0.2) is 9.48 Å². The SMILES string of the molecule is CC(C)C(C(=O)O)n1nnnc1-c1cccc(Br)c1. The topological polar surface area (TPSA) is 80.9 Å². The molecule has 0 spiro atoms. The minimum atomic E-state index is -0.946. The van der Waals surface area contributed by atoms with E-state index in [0.29, 0.717) is 5.82 Å². The van der Waals surface area contributed by atoms with Crippen LogP contribution in [0.5, 0.6) is 0 Å². The van der Waals surface area contributed by atoms with Crippen molar-refractivity contribution in [2.75, 3.05) is 0 Å². The minimum absolute atomic E-state index is 0.119. The second-order valence-electron chi connectivity index (χ2n) is 4.48. The Morgan fingerprint density at radius 1 is 1.42 bits per heavy atom. The van der Waals surface area contributed by atoms with E-state index in [0.717, 1.165) is 10.0 Å². The second kappa shape index (κ2) is 5.48. The molecule has 2 aromatic rings. The Balaban J connectivity index is 2.50. The first-order chi connectivity index (χ1) is 9.00. The maximum atomic E-state index is 11.4. The van der Waals surface area contributed by atoms with Gasteiger partial charge < -0.3 is 5.11 Å². The molecule has 0 amide bonds. The van der Waals surface area contributed by atoms with Crippen LogP contribution in [0.1, 0.15) is 19.9 Å². The molecule has 1 aromatic carbocycles. The lowest BCUT2D eigenvalue weighted by Crippen LogP contribution is -2.26. The highest BCUT2D eigenvalue weighted by Gasteiger charge is 2.28. The molecule has 6 nitrogen and oxygen atoms in total. The van der Waals surface area contributed by atoms with E-state index >= 15 is 0 Å². The fourth-order valence-electron chi connectivity index (χ4n) is 1.87. The number of rotatable bonds is 4. The van der Waals surface area contributed by atoms with E-state index in [-0.39, 0.29) is 5.92 Å². The first-order valence-corrected chi connectivity index (χ1v) is 6.56. The molecule has 2 rings (SSSR count). The van der Waals surface area contributed by atoms with Crippen LogP contribution < -0.4 is 0 Å². The van der Waals surface area contributed by atoms with Gasteiger partial charge in [-0.3, -0.25) is 0 Å². The first-order valence-electron chi connectivity index (χ1n) is 5.77. The molecule has 0 aliphatic carbocycles. The largest absolute Gasteiger partial charge is 0.480 e. The van der Waals surface area contributed by atoms with Gasteiger partial charge in [0, 0.05) is 10.0 Å². The van der Waals surface area contributed by atoms with E-state index in [1.165, 1.54) is 4.68 Å². The normalized spacial score (nSPS) is 12.6. The third-order valence-electron chi connectivity index (χ3n) is 2.72. The van der Waals surface area contributed by atoms with Crippen molar-refractivity contribution >= 4 is 21.9 Å². The van der Waals surface area contributed by atoms with Crippen LogP contribution in [-0.4, -0.2) is 31.3 Å². The van der Waals surface area contributed by atoms with Crippen molar-refractivity contribution in [1.29, 1.82) is 0 Å². The molecule has 0 saturated carbocycles. The Morgan fingerprint density at radius 2 is 2.16 bits per heavy atom. The van der Waals surface area contributed by atoms with Crippen molar-refractivity contribution in [1.82, 2.24) is 20.2 Å². The van der Waals surface area contributed by atoms with Gasteiger partial charge in [0.15, 0.2) is 11.9 Å². The van der Waals surface area contributed by atoms with Crippen molar-refractivity contribution in [2.45, 2.75) is 19.9 Å². The Bertz CT molecular complexity index is 597. The van der Waals surface area contributed by atoms with Crippen molar-refractivity contribution in [3.05, 3.63) is 28.7 Å². The summed E-state index contributed by atoms with van der Waals surface area (Å²) in [5.41, 5.74) is 0.770. The summed E-state index contributed by atoms with van der Waals surface area (Å²) in [6.07, 6.45) is 0. The number of hydrogen-bond acceptors (Lipinski definition) is 4. The van der Waals surface area contributed by atoms with E-state index in [4.69, 9.17) is 0 Å².